The highest BCUT2D eigenvalue weighted by Gasteiger charge is 2.12. The number of carboxylic acids is 1. The molecule has 0 aliphatic carbocycles. The van der Waals surface area contributed by atoms with Crippen molar-refractivity contribution < 1.29 is 15.0 Å². The van der Waals surface area contributed by atoms with Gasteiger partial charge in [0.15, 0.2) is 0 Å². The predicted molar refractivity (Wildman–Crippen MR) is 66.3 cm³/mol. The van der Waals surface area contributed by atoms with Gasteiger partial charge in [0.25, 0.3) is 0 Å². The monoisotopic (exact) mass is 268 g/mol. The lowest BCUT2D eigenvalue weighted by Gasteiger charge is -2.07. The first kappa shape index (κ1) is 17.2. The number of carbonyl (C=O) groups is 1. The number of anilines is 1. The third kappa shape index (κ3) is 4.57. The van der Waals surface area contributed by atoms with Gasteiger partial charge in [-0.3, -0.25) is 4.79 Å². The summed E-state index contributed by atoms with van der Waals surface area (Å²) in [6.07, 6.45) is 0.194. The summed E-state index contributed by atoms with van der Waals surface area (Å²) in [6, 6.07) is 3.57. The highest BCUT2D eigenvalue weighted by atomic mass is 35.5. The van der Waals surface area contributed by atoms with Gasteiger partial charge < -0.3 is 21.7 Å². The molecule has 0 spiro atoms. The molecule has 7 heteroatoms. The van der Waals surface area contributed by atoms with Crippen molar-refractivity contribution in [3.63, 3.8) is 0 Å². The van der Waals surface area contributed by atoms with Gasteiger partial charge in [-0.2, -0.15) is 0 Å². The van der Waals surface area contributed by atoms with Crippen molar-refractivity contribution >= 4 is 36.5 Å². The van der Waals surface area contributed by atoms with E-state index < -0.39 is 12.0 Å². The number of nitrogen functional groups attached to an aromatic ring is 1. The Bertz CT molecular complexity index is 361. The zero-order chi connectivity index (χ0) is 10.7. The lowest BCUT2D eigenvalue weighted by atomic mass is 10.1. The van der Waals surface area contributed by atoms with Gasteiger partial charge in [0.1, 0.15) is 11.8 Å². The summed E-state index contributed by atoms with van der Waals surface area (Å²) in [5, 5.41) is 17.7. The number of aromatic hydroxyl groups is 1. The van der Waals surface area contributed by atoms with Gasteiger partial charge >= 0.3 is 5.97 Å². The van der Waals surface area contributed by atoms with Gasteiger partial charge in [-0.25, -0.2) is 0 Å². The van der Waals surface area contributed by atoms with E-state index in [0.717, 1.165) is 0 Å². The molecule has 1 atom stereocenters. The lowest BCUT2D eigenvalue weighted by Crippen LogP contribution is -2.32. The molecular formula is C9H14Cl2N2O3. The topological polar surface area (TPSA) is 110 Å². The zero-order valence-corrected chi connectivity index (χ0v) is 9.92. The minimum atomic E-state index is -1.06. The minimum Gasteiger partial charge on any atom is -0.506 e. The van der Waals surface area contributed by atoms with E-state index in [2.05, 4.69) is 0 Å². The molecule has 16 heavy (non-hydrogen) atoms. The molecule has 0 amide bonds. The Kier molecular flexibility index (Phi) is 7.71. The molecule has 0 saturated carbocycles. The fourth-order valence-corrected chi connectivity index (χ4v) is 1.07. The number of aliphatic carboxylic acids is 1. The molecule has 0 aromatic heterocycles. The van der Waals surface area contributed by atoms with Crippen molar-refractivity contribution in [3.05, 3.63) is 23.8 Å². The van der Waals surface area contributed by atoms with Crippen molar-refractivity contribution in [1.82, 2.24) is 0 Å². The van der Waals surface area contributed by atoms with Crippen LogP contribution in [0.5, 0.6) is 5.75 Å². The number of carboxylic acid groups (broad SMARTS) is 1. The van der Waals surface area contributed by atoms with Crippen LogP contribution in [0.15, 0.2) is 18.2 Å². The summed E-state index contributed by atoms with van der Waals surface area (Å²) in [6.45, 7) is 0. The molecule has 0 aliphatic heterocycles. The summed E-state index contributed by atoms with van der Waals surface area (Å²) in [5.74, 6) is -1.07. The molecule has 5 nitrogen and oxygen atoms in total. The van der Waals surface area contributed by atoms with Gasteiger partial charge in [-0.15, -0.1) is 24.8 Å². The van der Waals surface area contributed by atoms with Crippen LogP contribution in [0.3, 0.4) is 0 Å². The Morgan fingerprint density at radius 3 is 2.38 bits per heavy atom. The SMILES string of the molecule is Cl.Cl.Nc1cc(C[C@H](N)C(=O)O)ccc1O. The second kappa shape index (κ2) is 7.16. The maximum Gasteiger partial charge on any atom is 0.320 e. The van der Waals surface area contributed by atoms with E-state index in [-0.39, 0.29) is 42.7 Å². The second-order valence-corrected chi connectivity index (χ2v) is 3.04. The molecule has 0 heterocycles. The van der Waals surface area contributed by atoms with E-state index in [9.17, 15) is 4.79 Å². The molecule has 0 bridgehead atoms. The highest BCUT2D eigenvalue weighted by Crippen LogP contribution is 2.20. The average molecular weight is 269 g/mol. The van der Waals surface area contributed by atoms with Crippen LogP contribution in [0.1, 0.15) is 5.56 Å². The highest BCUT2D eigenvalue weighted by molar-refractivity contribution is 5.85. The molecule has 0 saturated heterocycles. The smallest absolute Gasteiger partial charge is 0.320 e. The molecule has 1 rings (SSSR count). The third-order valence-corrected chi connectivity index (χ3v) is 1.86. The molecule has 92 valence electrons. The normalized spacial score (nSPS) is 10.8. The molecule has 1 aromatic carbocycles. The third-order valence-electron chi connectivity index (χ3n) is 1.86. The van der Waals surface area contributed by atoms with E-state index in [1.807, 2.05) is 0 Å². The average Bonchev–Trinajstić information content (AvgIpc) is 2.11. The number of phenolic OH excluding ortho intramolecular Hbond substituents is 1. The lowest BCUT2D eigenvalue weighted by molar-refractivity contribution is -0.138. The first-order chi connectivity index (χ1) is 6.50. The number of phenols is 1. The minimum absolute atomic E-state index is 0. The maximum atomic E-state index is 10.4. The quantitative estimate of drug-likeness (QED) is 0.478. The molecule has 6 N–H and O–H groups in total. The molecule has 1 aromatic rings. The van der Waals surface area contributed by atoms with Crippen LogP contribution in [0.25, 0.3) is 0 Å². The summed E-state index contributed by atoms with van der Waals surface area (Å²) >= 11 is 0. The van der Waals surface area contributed by atoms with Crippen LogP contribution in [-0.2, 0) is 11.2 Å². The Labute approximate surface area is 105 Å². The fourth-order valence-electron chi connectivity index (χ4n) is 1.07. The van der Waals surface area contributed by atoms with E-state index in [4.69, 9.17) is 21.7 Å². The van der Waals surface area contributed by atoms with Crippen LogP contribution >= 0.6 is 24.8 Å². The maximum absolute atomic E-state index is 10.4. The number of hydrogen-bond acceptors (Lipinski definition) is 4. The van der Waals surface area contributed by atoms with Crippen molar-refractivity contribution in [3.8, 4) is 5.75 Å². The molecular weight excluding hydrogens is 255 g/mol. The van der Waals surface area contributed by atoms with Crippen LogP contribution in [0.4, 0.5) is 5.69 Å². The van der Waals surface area contributed by atoms with Gasteiger partial charge in [0, 0.05) is 0 Å². The molecule has 0 radical (unpaired) electrons. The van der Waals surface area contributed by atoms with Crippen LogP contribution in [0.2, 0.25) is 0 Å². The van der Waals surface area contributed by atoms with E-state index in [1.165, 1.54) is 12.1 Å². The van der Waals surface area contributed by atoms with Gasteiger partial charge in [-0.05, 0) is 24.1 Å². The molecule has 0 unspecified atom stereocenters. The Hall–Kier alpha value is -1.17. The first-order valence-electron chi connectivity index (χ1n) is 4.06. The first-order valence-corrected chi connectivity index (χ1v) is 4.06. The number of rotatable bonds is 3. The number of hydrogen-bond donors (Lipinski definition) is 4. The van der Waals surface area contributed by atoms with Gasteiger partial charge in [-0.1, -0.05) is 6.07 Å². The predicted octanol–water partition coefficient (Wildman–Crippen LogP) is 0.772. The fraction of sp³-hybridized carbons (Fsp3) is 0.222. The van der Waals surface area contributed by atoms with Crippen molar-refractivity contribution in [1.29, 1.82) is 0 Å². The van der Waals surface area contributed by atoms with Gasteiger partial charge in [0.05, 0.1) is 5.69 Å². The number of benzene rings is 1. The Morgan fingerprint density at radius 1 is 1.38 bits per heavy atom. The summed E-state index contributed by atoms with van der Waals surface area (Å²) in [5.41, 5.74) is 11.7. The molecule has 0 aliphatic rings. The van der Waals surface area contributed by atoms with Crippen molar-refractivity contribution in [2.24, 2.45) is 5.73 Å². The van der Waals surface area contributed by atoms with E-state index in [0.29, 0.717) is 5.56 Å². The van der Waals surface area contributed by atoms with Crippen LogP contribution < -0.4 is 11.5 Å². The largest absolute Gasteiger partial charge is 0.506 e. The van der Waals surface area contributed by atoms with Gasteiger partial charge in [0.2, 0.25) is 0 Å². The Morgan fingerprint density at radius 2 is 1.94 bits per heavy atom. The Balaban J connectivity index is 0. The zero-order valence-electron chi connectivity index (χ0n) is 8.29. The van der Waals surface area contributed by atoms with Crippen LogP contribution in [-0.4, -0.2) is 22.2 Å². The second-order valence-electron chi connectivity index (χ2n) is 3.04. The van der Waals surface area contributed by atoms with E-state index >= 15 is 0 Å². The molecule has 0 fully saturated rings. The number of nitrogens with two attached hydrogens (primary N) is 2. The van der Waals surface area contributed by atoms with E-state index in [1.54, 1.807) is 6.07 Å². The summed E-state index contributed by atoms with van der Waals surface area (Å²) in [4.78, 5) is 10.4. The number of halogens is 2. The van der Waals surface area contributed by atoms with Crippen molar-refractivity contribution in [2.45, 2.75) is 12.5 Å². The van der Waals surface area contributed by atoms with Crippen LogP contribution in [0, 0.1) is 0 Å². The van der Waals surface area contributed by atoms with Crippen molar-refractivity contribution in [2.75, 3.05) is 5.73 Å². The summed E-state index contributed by atoms with van der Waals surface area (Å²) in [7, 11) is 0. The summed E-state index contributed by atoms with van der Waals surface area (Å²) < 4.78 is 0. The standard InChI is InChI=1S/C9H12N2O3.2ClH/c10-6-3-5(1-2-8(6)12)4-7(11)9(13)14;;/h1-3,7,12H,4,10-11H2,(H,13,14);2*1H/t7-;;/m0../s1.